The lowest BCUT2D eigenvalue weighted by Crippen LogP contribution is -2.16. The van der Waals surface area contributed by atoms with Gasteiger partial charge in [-0.2, -0.15) is 0 Å². The number of aromatic nitrogens is 2. The number of hydrogen-bond donors (Lipinski definition) is 2. The van der Waals surface area contributed by atoms with Crippen LogP contribution in [0.3, 0.4) is 0 Å². The molecule has 0 aliphatic rings. The summed E-state index contributed by atoms with van der Waals surface area (Å²) in [6.45, 7) is 7.44. The Morgan fingerprint density at radius 2 is 2.17 bits per heavy atom. The molecule has 1 rings (SSSR count). The monoisotopic (exact) mass is 273 g/mol. The zero-order valence-corrected chi connectivity index (χ0v) is 12.1. The third-order valence-electron chi connectivity index (χ3n) is 2.69. The lowest BCUT2D eigenvalue weighted by molar-refractivity contribution is 0.144. The minimum Gasteiger partial charge on any atom is -0.382 e. The molecule has 2 N–H and O–H groups in total. The molecule has 0 aliphatic heterocycles. The van der Waals surface area contributed by atoms with Crippen LogP contribution < -0.4 is 5.32 Å². The molecular formula is C13H24ClN3O. The van der Waals surface area contributed by atoms with Crippen LogP contribution in [-0.4, -0.2) is 29.7 Å². The topological polar surface area (TPSA) is 49.9 Å². The number of aryl methyl sites for hydroxylation is 1. The fourth-order valence-electron chi connectivity index (χ4n) is 1.68. The molecule has 0 unspecified atom stereocenters. The Hall–Kier alpha value is -0.580. The van der Waals surface area contributed by atoms with Gasteiger partial charge in [0, 0.05) is 26.2 Å². The van der Waals surface area contributed by atoms with Crippen molar-refractivity contribution in [1.82, 2.24) is 15.3 Å². The largest absolute Gasteiger partial charge is 0.382 e. The number of aromatic amines is 1. The summed E-state index contributed by atoms with van der Waals surface area (Å²) in [6.07, 6.45) is 4.30. The molecule has 1 aromatic heterocycles. The fraction of sp³-hybridized carbons (Fsp3) is 0.769. The summed E-state index contributed by atoms with van der Waals surface area (Å²) in [4.78, 5) is 7.60. The van der Waals surface area contributed by atoms with Crippen molar-refractivity contribution in [3.05, 3.63) is 16.7 Å². The van der Waals surface area contributed by atoms with Crippen LogP contribution in [0.15, 0.2) is 0 Å². The molecule has 0 atom stereocenters. The number of unbranched alkanes of at least 4 members (excludes halogenated alkanes) is 1. The van der Waals surface area contributed by atoms with E-state index in [4.69, 9.17) is 16.3 Å². The smallest absolute Gasteiger partial charge is 0.151 e. The number of hydrogen-bond acceptors (Lipinski definition) is 3. The molecule has 0 saturated heterocycles. The van der Waals surface area contributed by atoms with Crippen molar-refractivity contribution < 1.29 is 4.74 Å². The predicted molar refractivity (Wildman–Crippen MR) is 75.0 cm³/mol. The normalized spacial score (nSPS) is 11.1. The molecule has 4 nitrogen and oxygen atoms in total. The number of ether oxygens (including phenoxy) is 1. The fourth-order valence-corrected chi connectivity index (χ4v) is 1.89. The van der Waals surface area contributed by atoms with Gasteiger partial charge in [-0.15, -0.1) is 0 Å². The summed E-state index contributed by atoms with van der Waals surface area (Å²) in [5, 5.41) is 3.93. The van der Waals surface area contributed by atoms with Gasteiger partial charge in [-0.3, -0.25) is 0 Å². The molecule has 0 saturated carbocycles. The van der Waals surface area contributed by atoms with Gasteiger partial charge in [0.25, 0.3) is 0 Å². The van der Waals surface area contributed by atoms with Crippen molar-refractivity contribution >= 4 is 11.6 Å². The van der Waals surface area contributed by atoms with E-state index in [0.29, 0.717) is 5.15 Å². The number of rotatable bonds is 10. The summed E-state index contributed by atoms with van der Waals surface area (Å²) in [5.41, 5.74) is 0.985. The highest BCUT2D eigenvalue weighted by molar-refractivity contribution is 6.30. The van der Waals surface area contributed by atoms with Gasteiger partial charge >= 0.3 is 0 Å². The third-order valence-corrected chi connectivity index (χ3v) is 3.01. The van der Waals surface area contributed by atoms with Crippen LogP contribution in [0.1, 0.15) is 44.6 Å². The van der Waals surface area contributed by atoms with Gasteiger partial charge in [0.05, 0.1) is 5.69 Å². The number of nitrogens with one attached hydrogen (secondary N) is 2. The van der Waals surface area contributed by atoms with Crippen LogP contribution in [0.25, 0.3) is 0 Å². The van der Waals surface area contributed by atoms with Gasteiger partial charge < -0.3 is 15.0 Å². The lowest BCUT2D eigenvalue weighted by atomic mass is 10.2. The van der Waals surface area contributed by atoms with E-state index >= 15 is 0 Å². The molecular weight excluding hydrogens is 250 g/mol. The van der Waals surface area contributed by atoms with Crippen LogP contribution in [0, 0.1) is 0 Å². The van der Waals surface area contributed by atoms with Gasteiger partial charge in [0.1, 0.15) is 5.82 Å². The molecule has 5 heteroatoms. The zero-order chi connectivity index (χ0) is 13.2. The molecule has 0 bridgehead atoms. The first-order valence-electron chi connectivity index (χ1n) is 6.79. The average molecular weight is 274 g/mol. The maximum absolute atomic E-state index is 6.08. The van der Waals surface area contributed by atoms with Gasteiger partial charge in [0.15, 0.2) is 5.15 Å². The Morgan fingerprint density at radius 1 is 1.33 bits per heavy atom. The quantitative estimate of drug-likeness (QED) is 0.645. The highest BCUT2D eigenvalue weighted by Crippen LogP contribution is 2.13. The van der Waals surface area contributed by atoms with Crippen molar-refractivity contribution in [2.45, 2.75) is 46.1 Å². The average Bonchev–Trinajstić information content (AvgIpc) is 2.72. The van der Waals surface area contributed by atoms with Crippen LogP contribution in [-0.2, 0) is 17.7 Å². The Balaban J connectivity index is 2.22. The molecule has 1 heterocycles. The van der Waals surface area contributed by atoms with Crippen molar-refractivity contribution in [2.24, 2.45) is 0 Å². The SMILES string of the molecule is CCCCc1nc(Cl)c(CNCCCOCC)[nH]1. The Morgan fingerprint density at radius 3 is 2.89 bits per heavy atom. The summed E-state index contributed by atoms with van der Waals surface area (Å²) >= 11 is 6.08. The second kappa shape index (κ2) is 9.36. The Kier molecular flexibility index (Phi) is 8.05. The highest BCUT2D eigenvalue weighted by atomic mass is 35.5. The molecule has 0 radical (unpaired) electrons. The molecule has 0 aromatic carbocycles. The summed E-state index contributed by atoms with van der Waals surface area (Å²) in [6, 6.07) is 0. The standard InChI is InChI=1S/C13H24ClN3O/c1-3-5-7-12-16-11(13(14)17-12)10-15-8-6-9-18-4-2/h15H,3-10H2,1-2H3,(H,16,17). The van der Waals surface area contributed by atoms with E-state index in [0.717, 1.165) is 57.1 Å². The minimum atomic E-state index is 0.596. The van der Waals surface area contributed by atoms with Crippen LogP contribution in [0.2, 0.25) is 5.15 Å². The maximum atomic E-state index is 6.08. The van der Waals surface area contributed by atoms with Gasteiger partial charge in [-0.25, -0.2) is 4.98 Å². The predicted octanol–water partition coefficient (Wildman–Crippen LogP) is 2.92. The number of halogens is 1. The molecule has 0 fully saturated rings. The van der Waals surface area contributed by atoms with Crippen molar-refractivity contribution in [1.29, 1.82) is 0 Å². The highest BCUT2D eigenvalue weighted by Gasteiger charge is 2.07. The van der Waals surface area contributed by atoms with E-state index < -0.39 is 0 Å². The second-order valence-electron chi connectivity index (χ2n) is 4.28. The number of nitrogens with zero attached hydrogens (tertiary/aromatic N) is 1. The Labute approximate surface area is 114 Å². The van der Waals surface area contributed by atoms with Crippen LogP contribution in [0.5, 0.6) is 0 Å². The third kappa shape index (κ3) is 5.85. The van der Waals surface area contributed by atoms with Gasteiger partial charge in [-0.1, -0.05) is 24.9 Å². The van der Waals surface area contributed by atoms with E-state index in [-0.39, 0.29) is 0 Å². The van der Waals surface area contributed by atoms with Gasteiger partial charge in [0.2, 0.25) is 0 Å². The summed E-state index contributed by atoms with van der Waals surface area (Å²) < 4.78 is 5.27. The molecule has 0 amide bonds. The molecule has 18 heavy (non-hydrogen) atoms. The second-order valence-corrected chi connectivity index (χ2v) is 4.64. The van der Waals surface area contributed by atoms with E-state index in [1.807, 2.05) is 6.92 Å². The van der Waals surface area contributed by atoms with Crippen molar-refractivity contribution in [3.8, 4) is 0 Å². The van der Waals surface area contributed by atoms with E-state index in [1.54, 1.807) is 0 Å². The minimum absolute atomic E-state index is 0.596. The number of H-pyrrole nitrogens is 1. The first kappa shape index (κ1) is 15.5. The molecule has 0 aliphatic carbocycles. The Bertz CT molecular complexity index is 328. The van der Waals surface area contributed by atoms with E-state index in [2.05, 4.69) is 22.2 Å². The summed E-state index contributed by atoms with van der Waals surface area (Å²) in [5.74, 6) is 0.993. The van der Waals surface area contributed by atoms with Crippen LogP contribution in [0.4, 0.5) is 0 Å². The summed E-state index contributed by atoms with van der Waals surface area (Å²) in [7, 11) is 0. The van der Waals surface area contributed by atoms with E-state index in [9.17, 15) is 0 Å². The number of imidazole rings is 1. The van der Waals surface area contributed by atoms with Crippen molar-refractivity contribution in [2.75, 3.05) is 19.8 Å². The molecule has 0 spiro atoms. The first-order valence-corrected chi connectivity index (χ1v) is 7.17. The van der Waals surface area contributed by atoms with Gasteiger partial charge in [-0.05, 0) is 26.3 Å². The van der Waals surface area contributed by atoms with Crippen molar-refractivity contribution in [3.63, 3.8) is 0 Å². The first-order chi connectivity index (χ1) is 8.77. The van der Waals surface area contributed by atoms with Crippen LogP contribution >= 0.6 is 11.6 Å². The molecule has 104 valence electrons. The molecule has 1 aromatic rings. The van der Waals surface area contributed by atoms with E-state index in [1.165, 1.54) is 6.42 Å². The lowest BCUT2D eigenvalue weighted by Gasteiger charge is -2.03. The zero-order valence-electron chi connectivity index (χ0n) is 11.4. The maximum Gasteiger partial charge on any atom is 0.151 e.